The fourth-order valence-corrected chi connectivity index (χ4v) is 3.70. The van der Waals surface area contributed by atoms with Crippen molar-refractivity contribution >= 4 is 17.5 Å². The monoisotopic (exact) mass is 302 g/mol. The van der Waals surface area contributed by atoms with E-state index in [1.54, 1.807) is 0 Å². The summed E-state index contributed by atoms with van der Waals surface area (Å²) in [7, 11) is 0. The Morgan fingerprint density at radius 1 is 1.33 bits per heavy atom. The molecule has 1 aliphatic heterocycles. The lowest BCUT2D eigenvalue weighted by atomic mass is 9.99. The van der Waals surface area contributed by atoms with Gasteiger partial charge in [0.15, 0.2) is 11.6 Å². The van der Waals surface area contributed by atoms with Gasteiger partial charge >= 0.3 is 0 Å². The average molecular weight is 302 g/mol. The largest absolute Gasteiger partial charge is 0.339 e. The van der Waals surface area contributed by atoms with Crippen LogP contribution in [0.5, 0.6) is 0 Å². The zero-order valence-electron chi connectivity index (χ0n) is 12.0. The second-order valence-corrected chi connectivity index (χ2v) is 6.61. The SMILES string of the molecule is CC(C(=O)c1ccccc1)c1nc(C2CCCCS2)no1. The molecule has 1 aromatic heterocycles. The van der Waals surface area contributed by atoms with Crippen LogP contribution in [0.4, 0.5) is 0 Å². The highest BCUT2D eigenvalue weighted by molar-refractivity contribution is 7.99. The Hall–Kier alpha value is -1.62. The molecule has 3 rings (SSSR count). The van der Waals surface area contributed by atoms with E-state index < -0.39 is 5.92 Å². The quantitative estimate of drug-likeness (QED) is 0.799. The summed E-state index contributed by atoms with van der Waals surface area (Å²) in [5.74, 6) is 1.92. The zero-order chi connectivity index (χ0) is 14.7. The molecule has 1 fully saturated rings. The molecular formula is C16H18N2O2S. The second-order valence-electron chi connectivity index (χ2n) is 5.30. The Balaban J connectivity index is 1.74. The number of Topliss-reactive ketones (excluding diaryl/α,β-unsaturated/α-hetero) is 1. The number of carbonyl (C=O) groups is 1. The first-order valence-electron chi connectivity index (χ1n) is 7.30. The number of nitrogens with zero attached hydrogens (tertiary/aromatic N) is 2. The highest BCUT2D eigenvalue weighted by atomic mass is 32.2. The Kier molecular flexibility index (Phi) is 4.39. The van der Waals surface area contributed by atoms with E-state index in [4.69, 9.17) is 4.52 Å². The third-order valence-electron chi connectivity index (χ3n) is 3.75. The molecule has 2 unspecified atom stereocenters. The van der Waals surface area contributed by atoms with Crippen molar-refractivity contribution in [2.24, 2.45) is 0 Å². The molecule has 110 valence electrons. The third-order valence-corrected chi connectivity index (χ3v) is 5.12. The van der Waals surface area contributed by atoms with Gasteiger partial charge in [-0.1, -0.05) is 41.9 Å². The smallest absolute Gasteiger partial charge is 0.237 e. The van der Waals surface area contributed by atoms with Gasteiger partial charge in [-0.05, 0) is 25.5 Å². The molecule has 0 spiro atoms. The van der Waals surface area contributed by atoms with Crippen LogP contribution in [0.25, 0.3) is 0 Å². The van der Waals surface area contributed by atoms with E-state index in [9.17, 15) is 4.79 Å². The molecule has 0 aliphatic carbocycles. The van der Waals surface area contributed by atoms with Crippen LogP contribution in [0.15, 0.2) is 34.9 Å². The van der Waals surface area contributed by atoms with Gasteiger partial charge in [0.25, 0.3) is 0 Å². The van der Waals surface area contributed by atoms with Gasteiger partial charge in [-0.2, -0.15) is 16.7 Å². The number of hydrogen-bond donors (Lipinski definition) is 0. The van der Waals surface area contributed by atoms with E-state index in [-0.39, 0.29) is 5.78 Å². The summed E-state index contributed by atoms with van der Waals surface area (Å²) in [6, 6.07) is 9.24. The summed E-state index contributed by atoms with van der Waals surface area (Å²) >= 11 is 1.88. The predicted molar refractivity (Wildman–Crippen MR) is 82.5 cm³/mol. The van der Waals surface area contributed by atoms with Gasteiger partial charge in [-0.25, -0.2) is 0 Å². The molecule has 1 aromatic carbocycles. The summed E-state index contributed by atoms with van der Waals surface area (Å²) in [5.41, 5.74) is 0.678. The molecule has 2 heterocycles. The Morgan fingerprint density at radius 3 is 2.86 bits per heavy atom. The van der Waals surface area contributed by atoms with Crippen LogP contribution < -0.4 is 0 Å². The first-order valence-corrected chi connectivity index (χ1v) is 8.35. The maximum absolute atomic E-state index is 12.4. The Bertz CT molecular complexity index is 606. The van der Waals surface area contributed by atoms with E-state index in [2.05, 4.69) is 10.1 Å². The number of thioether (sulfide) groups is 1. The van der Waals surface area contributed by atoms with Crippen LogP contribution >= 0.6 is 11.8 Å². The lowest BCUT2D eigenvalue weighted by Gasteiger charge is -2.17. The van der Waals surface area contributed by atoms with Crippen molar-refractivity contribution in [3.63, 3.8) is 0 Å². The van der Waals surface area contributed by atoms with E-state index in [0.717, 1.165) is 18.0 Å². The Morgan fingerprint density at radius 2 is 2.14 bits per heavy atom. The summed E-state index contributed by atoms with van der Waals surface area (Å²) in [6.45, 7) is 1.82. The minimum Gasteiger partial charge on any atom is -0.339 e. The van der Waals surface area contributed by atoms with Crippen molar-refractivity contribution in [3.8, 4) is 0 Å². The number of benzene rings is 1. The van der Waals surface area contributed by atoms with Gasteiger partial charge in [-0.3, -0.25) is 4.79 Å². The van der Waals surface area contributed by atoms with Crippen LogP contribution in [-0.2, 0) is 0 Å². The van der Waals surface area contributed by atoms with Crippen LogP contribution in [-0.4, -0.2) is 21.7 Å². The number of carbonyl (C=O) groups excluding carboxylic acids is 1. The number of aromatic nitrogens is 2. The zero-order valence-corrected chi connectivity index (χ0v) is 12.8. The number of hydrogen-bond acceptors (Lipinski definition) is 5. The summed E-state index contributed by atoms with van der Waals surface area (Å²) in [6.07, 6.45) is 3.56. The number of rotatable bonds is 4. The van der Waals surface area contributed by atoms with Crippen molar-refractivity contribution in [3.05, 3.63) is 47.6 Å². The second kappa shape index (κ2) is 6.43. The normalized spacial score (nSPS) is 20.1. The molecule has 0 amide bonds. The van der Waals surface area contributed by atoms with Crippen LogP contribution in [0.2, 0.25) is 0 Å². The maximum atomic E-state index is 12.4. The van der Waals surface area contributed by atoms with Crippen LogP contribution in [0.1, 0.15) is 59.4 Å². The van der Waals surface area contributed by atoms with Crippen molar-refractivity contribution in [1.29, 1.82) is 0 Å². The number of ketones is 1. The highest BCUT2D eigenvalue weighted by Crippen LogP contribution is 2.37. The van der Waals surface area contributed by atoms with Crippen molar-refractivity contribution in [1.82, 2.24) is 10.1 Å². The average Bonchev–Trinajstić information content (AvgIpc) is 3.05. The van der Waals surface area contributed by atoms with Gasteiger partial charge in [-0.15, -0.1) is 0 Å². The molecule has 2 aromatic rings. The van der Waals surface area contributed by atoms with Gasteiger partial charge in [0.05, 0.1) is 11.2 Å². The minimum atomic E-state index is -0.401. The summed E-state index contributed by atoms with van der Waals surface area (Å²) in [4.78, 5) is 16.9. The molecule has 1 aliphatic rings. The molecule has 2 atom stereocenters. The third kappa shape index (κ3) is 3.18. The molecule has 4 nitrogen and oxygen atoms in total. The molecule has 0 radical (unpaired) electrons. The van der Waals surface area contributed by atoms with Gasteiger partial charge < -0.3 is 4.52 Å². The lowest BCUT2D eigenvalue weighted by molar-refractivity contribution is 0.0951. The van der Waals surface area contributed by atoms with Crippen molar-refractivity contribution < 1.29 is 9.32 Å². The van der Waals surface area contributed by atoms with E-state index >= 15 is 0 Å². The predicted octanol–water partition coefficient (Wildman–Crippen LogP) is 4.01. The van der Waals surface area contributed by atoms with Crippen molar-refractivity contribution in [2.75, 3.05) is 5.75 Å². The highest BCUT2D eigenvalue weighted by Gasteiger charge is 2.26. The van der Waals surface area contributed by atoms with Crippen LogP contribution in [0.3, 0.4) is 0 Å². The van der Waals surface area contributed by atoms with Crippen LogP contribution in [0, 0.1) is 0 Å². The first-order chi connectivity index (χ1) is 10.3. The molecule has 0 bridgehead atoms. The van der Waals surface area contributed by atoms with E-state index in [1.807, 2.05) is 49.0 Å². The van der Waals surface area contributed by atoms with Crippen molar-refractivity contribution in [2.45, 2.75) is 37.4 Å². The summed E-state index contributed by atoms with van der Waals surface area (Å²) < 4.78 is 5.33. The first kappa shape index (κ1) is 14.3. The molecule has 0 N–H and O–H groups in total. The fourth-order valence-electron chi connectivity index (χ4n) is 2.46. The standard InChI is InChI=1S/C16H18N2O2S/c1-11(14(19)12-7-3-2-4-8-12)16-17-15(18-20-16)13-9-5-6-10-21-13/h2-4,7-8,11,13H,5-6,9-10H2,1H3. The Labute approximate surface area is 128 Å². The molecule has 1 saturated heterocycles. The van der Waals surface area contributed by atoms with Gasteiger partial charge in [0.2, 0.25) is 5.89 Å². The maximum Gasteiger partial charge on any atom is 0.237 e. The van der Waals surface area contributed by atoms with E-state index in [1.165, 1.54) is 12.8 Å². The fraction of sp³-hybridized carbons (Fsp3) is 0.438. The lowest BCUT2D eigenvalue weighted by Crippen LogP contribution is -2.10. The molecule has 21 heavy (non-hydrogen) atoms. The molecule has 5 heteroatoms. The van der Waals surface area contributed by atoms with Gasteiger partial charge in [0.1, 0.15) is 0 Å². The van der Waals surface area contributed by atoms with Gasteiger partial charge in [0, 0.05) is 5.56 Å². The topological polar surface area (TPSA) is 56.0 Å². The molecule has 0 saturated carbocycles. The van der Waals surface area contributed by atoms with E-state index in [0.29, 0.717) is 16.7 Å². The molecular weight excluding hydrogens is 284 g/mol. The minimum absolute atomic E-state index is 0.0158. The summed E-state index contributed by atoms with van der Waals surface area (Å²) in [5, 5.41) is 4.39.